The van der Waals surface area contributed by atoms with Crippen LogP contribution >= 0.6 is 0 Å². The van der Waals surface area contributed by atoms with Gasteiger partial charge in [0.2, 0.25) is 5.95 Å². The Hall–Kier alpha value is -1.03. The Morgan fingerprint density at radius 1 is 1.35 bits per heavy atom. The average molecular weight is 234 g/mol. The average Bonchev–Trinajstić information content (AvgIpc) is 3.01. The predicted octanol–water partition coefficient (Wildman–Crippen LogP) is 2.03. The van der Waals surface area contributed by atoms with Crippen molar-refractivity contribution in [2.45, 2.75) is 44.7 Å². The third kappa shape index (κ3) is 2.46. The van der Waals surface area contributed by atoms with Crippen molar-refractivity contribution in [3.05, 3.63) is 11.9 Å². The van der Waals surface area contributed by atoms with Crippen LogP contribution in [0.1, 0.15) is 37.4 Å². The number of aryl methyl sites for hydroxylation is 1. The van der Waals surface area contributed by atoms with E-state index in [1.807, 2.05) is 0 Å². The highest BCUT2D eigenvalue weighted by molar-refractivity contribution is 5.33. The molecular formula is C13H22N4. The second-order valence-corrected chi connectivity index (χ2v) is 5.59. The summed E-state index contributed by atoms with van der Waals surface area (Å²) in [5, 5.41) is 3.55. The Balaban J connectivity index is 1.79. The highest BCUT2D eigenvalue weighted by atomic mass is 15.3. The SMILES string of the molecule is Cc1cn(C2CCCN(C)C2)c(NC2CC2)n1. The maximum atomic E-state index is 4.62. The van der Waals surface area contributed by atoms with Crippen molar-refractivity contribution in [3.8, 4) is 0 Å². The summed E-state index contributed by atoms with van der Waals surface area (Å²) in [6, 6.07) is 1.27. The molecule has 2 heterocycles. The molecule has 0 spiro atoms. The van der Waals surface area contributed by atoms with Gasteiger partial charge < -0.3 is 14.8 Å². The van der Waals surface area contributed by atoms with E-state index in [1.165, 1.54) is 32.2 Å². The first kappa shape index (κ1) is 11.1. The fourth-order valence-corrected chi connectivity index (χ4v) is 2.68. The smallest absolute Gasteiger partial charge is 0.203 e. The van der Waals surface area contributed by atoms with Gasteiger partial charge in [-0.05, 0) is 46.2 Å². The molecule has 17 heavy (non-hydrogen) atoms. The van der Waals surface area contributed by atoms with Crippen LogP contribution < -0.4 is 5.32 Å². The molecule has 4 nitrogen and oxygen atoms in total. The van der Waals surface area contributed by atoms with Gasteiger partial charge in [-0.25, -0.2) is 4.98 Å². The number of rotatable bonds is 3. The fourth-order valence-electron chi connectivity index (χ4n) is 2.68. The van der Waals surface area contributed by atoms with Gasteiger partial charge in [-0.1, -0.05) is 0 Å². The minimum atomic E-state index is 0.594. The molecule has 1 aromatic rings. The van der Waals surface area contributed by atoms with Crippen LogP contribution in [0.3, 0.4) is 0 Å². The van der Waals surface area contributed by atoms with E-state index in [9.17, 15) is 0 Å². The molecule has 1 aliphatic carbocycles. The van der Waals surface area contributed by atoms with Gasteiger partial charge in [-0.15, -0.1) is 0 Å². The van der Waals surface area contributed by atoms with Gasteiger partial charge in [0, 0.05) is 24.8 Å². The molecule has 2 aliphatic rings. The number of anilines is 1. The van der Waals surface area contributed by atoms with Crippen molar-refractivity contribution < 1.29 is 0 Å². The van der Waals surface area contributed by atoms with E-state index in [1.54, 1.807) is 0 Å². The van der Waals surface area contributed by atoms with E-state index in [2.05, 4.69) is 39.9 Å². The van der Waals surface area contributed by atoms with E-state index in [0.29, 0.717) is 12.1 Å². The van der Waals surface area contributed by atoms with Crippen LogP contribution in [0.2, 0.25) is 0 Å². The molecule has 1 saturated carbocycles. The number of imidazole rings is 1. The second kappa shape index (κ2) is 4.33. The van der Waals surface area contributed by atoms with Crippen LogP contribution in [-0.2, 0) is 0 Å². The summed E-state index contributed by atoms with van der Waals surface area (Å²) in [6.07, 6.45) is 7.38. The summed E-state index contributed by atoms with van der Waals surface area (Å²) >= 11 is 0. The first-order valence-electron chi connectivity index (χ1n) is 6.73. The van der Waals surface area contributed by atoms with Crippen molar-refractivity contribution >= 4 is 5.95 Å². The Morgan fingerprint density at radius 3 is 2.88 bits per heavy atom. The standard InChI is InChI=1S/C13H22N4/c1-10-8-17(12-4-3-7-16(2)9-12)13(14-10)15-11-5-6-11/h8,11-12H,3-7,9H2,1-2H3,(H,14,15). The molecule has 1 unspecified atom stereocenters. The topological polar surface area (TPSA) is 33.1 Å². The van der Waals surface area contributed by atoms with Crippen LogP contribution in [0, 0.1) is 6.92 Å². The summed E-state index contributed by atoms with van der Waals surface area (Å²) in [5.41, 5.74) is 1.13. The fraction of sp³-hybridized carbons (Fsp3) is 0.769. The molecule has 1 atom stereocenters. The second-order valence-electron chi connectivity index (χ2n) is 5.59. The molecule has 0 radical (unpaired) electrons. The van der Waals surface area contributed by atoms with Crippen LogP contribution in [0.25, 0.3) is 0 Å². The first-order chi connectivity index (χ1) is 8.22. The van der Waals surface area contributed by atoms with E-state index in [0.717, 1.165) is 18.2 Å². The van der Waals surface area contributed by atoms with E-state index in [-0.39, 0.29) is 0 Å². The third-order valence-corrected chi connectivity index (χ3v) is 3.76. The highest BCUT2D eigenvalue weighted by Gasteiger charge is 2.26. The summed E-state index contributed by atoms with van der Waals surface area (Å²) in [5.74, 6) is 1.09. The highest BCUT2D eigenvalue weighted by Crippen LogP contribution is 2.28. The van der Waals surface area contributed by atoms with E-state index in [4.69, 9.17) is 0 Å². The van der Waals surface area contributed by atoms with Crippen molar-refractivity contribution in [2.75, 3.05) is 25.5 Å². The van der Waals surface area contributed by atoms with Crippen LogP contribution in [0.15, 0.2) is 6.20 Å². The summed E-state index contributed by atoms with van der Waals surface area (Å²) < 4.78 is 2.36. The van der Waals surface area contributed by atoms with Crippen LogP contribution in [0.5, 0.6) is 0 Å². The quantitative estimate of drug-likeness (QED) is 0.868. The molecule has 94 valence electrons. The van der Waals surface area contributed by atoms with E-state index < -0.39 is 0 Å². The van der Waals surface area contributed by atoms with Crippen LogP contribution in [0.4, 0.5) is 5.95 Å². The number of likely N-dealkylation sites (tertiary alicyclic amines) is 1. The summed E-state index contributed by atoms with van der Waals surface area (Å²) in [6.45, 7) is 4.46. The lowest BCUT2D eigenvalue weighted by Crippen LogP contribution is -2.33. The monoisotopic (exact) mass is 234 g/mol. The zero-order chi connectivity index (χ0) is 11.8. The molecule has 1 aliphatic heterocycles. The molecule has 1 saturated heterocycles. The summed E-state index contributed by atoms with van der Waals surface area (Å²) in [4.78, 5) is 7.05. The largest absolute Gasteiger partial charge is 0.353 e. The van der Waals surface area contributed by atoms with Gasteiger partial charge in [-0.2, -0.15) is 0 Å². The zero-order valence-corrected chi connectivity index (χ0v) is 10.8. The van der Waals surface area contributed by atoms with Crippen molar-refractivity contribution in [1.29, 1.82) is 0 Å². The van der Waals surface area contributed by atoms with Crippen molar-refractivity contribution in [3.63, 3.8) is 0 Å². The number of piperidine rings is 1. The Labute approximate surface area is 103 Å². The summed E-state index contributed by atoms with van der Waals surface area (Å²) in [7, 11) is 2.21. The lowest BCUT2D eigenvalue weighted by Gasteiger charge is -2.31. The third-order valence-electron chi connectivity index (χ3n) is 3.76. The maximum absolute atomic E-state index is 4.62. The minimum absolute atomic E-state index is 0.594. The number of likely N-dealkylation sites (N-methyl/N-ethyl adjacent to an activating group) is 1. The van der Waals surface area contributed by atoms with Gasteiger partial charge >= 0.3 is 0 Å². The number of nitrogens with one attached hydrogen (secondary N) is 1. The van der Waals surface area contributed by atoms with Crippen molar-refractivity contribution in [2.24, 2.45) is 0 Å². The molecule has 0 bridgehead atoms. The predicted molar refractivity (Wildman–Crippen MR) is 69.4 cm³/mol. The number of aromatic nitrogens is 2. The molecule has 2 fully saturated rings. The van der Waals surface area contributed by atoms with Crippen molar-refractivity contribution in [1.82, 2.24) is 14.5 Å². The Morgan fingerprint density at radius 2 is 2.18 bits per heavy atom. The maximum Gasteiger partial charge on any atom is 0.203 e. The van der Waals surface area contributed by atoms with Gasteiger partial charge in [0.1, 0.15) is 0 Å². The van der Waals surface area contributed by atoms with Gasteiger partial charge in [-0.3, -0.25) is 0 Å². The molecule has 0 amide bonds. The molecule has 1 N–H and O–H groups in total. The molecule has 4 heteroatoms. The van der Waals surface area contributed by atoms with Crippen LogP contribution in [-0.4, -0.2) is 40.6 Å². The Bertz CT molecular complexity index is 394. The van der Waals surface area contributed by atoms with Gasteiger partial charge in [0.25, 0.3) is 0 Å². The zero-order valence-electron chi connectivity index (χ0n) is 10.8. The number of nitrogens with zero attached hydrogens (tertiary/aromatic N) is 3. The molecule has 0 aromatic carbocycles. The lowest BCUT2D eigenvalue weighted by molar-refractivity contribution is 0.213. The Kier molecular flexibility index (Phi) is 2.82. The number of hydrogen-bond donors (Lipinski definition) is 1. The molecule has 3 rings (SSSR count). The number of hydrogen-bond acceptors (Lipinski definition) is 3. The molecule has 1 aromatic heterocycles. The van der Waals surface area contributed by atoms with Gasteiger partial charge in [0.15, 0.2) is 0 Å². The normalized spacial score (nSPS) is 26.1. The first-order valence-corrected chi connectivity index (χ1v) is 6.73. The van der Waals surface area contributed by atoms with Gasteiger partial charge in [0.05, 0.1) is 5.69 Å². The molecular weight excluding hydrogens is 212 g/mol. The lowest BCUT2D eigenvalue weighted by atomic mass is 10.1. The minimum Gasteiger partial charge on any atom is -0.353 e. The van der Waals surface area contributed by atoms with E-state index >= 15 is 0 Å².